The van der Waals surface area contributed by atoms with Gasteiger partial charge in [0.2, 0.25) is 0 Å². The van der Waals surface area contributed by atoms with Crippen LogP contribution in [-0.2, 0) is 6.54 Å². The van der Waals surface area contributed by atoms with Gasteiger partial charge >= 0.3 is 0 Å². The van der Waals surface area contributed by atoms with Crippen LogP contribution >= 0.6 is 0 Å². The first kappa shape index (κ1) is 13.1. The van der Waals surface area contributed by atoms with Crippen molar-refractivity contribution in [1.29, 1.82) is 5.26 Å². The molecule has 0 unspecified atom stereocenters. The molecule has 1 aromatic heterocycles. The van der Waals surface area contributed by atoms with Crippen LogP contribution in [0.25, 0.3) is 10.8 Å². The summed E-state index contributed by atoms with van der Waals surface area (Å²) in [5.74, 6) is 0. The molecule has 0 saturated heterocycles. The molecule has 102 valence electrons. The summed E-state index contributed by atoms with van der Waals surface area (Å²) in [4.78, 5) is 4.11. The van der Waals surface area contributed by atoms with E-state index in [1.54, 1.807) is 6.20 Å². The Balaban J connectivity index is 1.95. The van der Waals surface area contributed by atoms with E-state index in [0.29, 0.717) is 5.56 Å². The zero-order chi connectivity index (χ0) is 14.7. The molecular weight excluding hydrogens is 258 g/mol. The molecule has 3 heteroatoms. The molecule has 21 heavy (non-hydrogen) atoms. The SMILES string of the molecule is Cc1cnccc1CNc1ccc(C#N)c2ccccc12. The van der Waals surface area contributed by atoms with Crippen LogP contribution < -0.4 is 5.32 Å². The second-order valence-corrected chi connectivity index (χ2v) is 4.97. The second kappa shape index (κ2) is 5.64. The number of fused-ring (bicyclic) bond motifs is 1. The van der Waals surface area contributed by atoms with Gasteiger partial charge in [0.1, 0.15) is 0 Å². The molecule has 1 heterocycles. The number of nitrogens with one attached hydrogen (secondary N) is 1. The summed E-state index contributed by atoms with van der Waals surface area (Å²) in [5, 5.41) is 14.7. The monoisotopic (exact) mass is 273 g/mol. The Hall–Kier alpha value is -2.86. The van der Waals surface area contributed by atoms with E-state index >= 15 is 0 Å². The topological polar surface area (TPSA) is 48.7 Å². The number of hydrogen-bond acceptors (Lipinski definition) is 3. The van der Waals surface area contributed by atoms with Crippen LogP contribution in [0.2, 0.25) is 0 Å². The fourth-order valence-electron chi connectivity index (χ4n) is 2.44. The summed E-state index contributed by atoms with van der Waals surface area (Å²) in [7, 11) is 0. The van der Waals surface area contributed by atoms with Crippen molar-refractivity contribution in [1.82, 2.24) is 4.98 Å². The third-order valence-electron chi connectivity index (χ3n) is 3.65. The third-order valence-corrected chi connectivity index (χ3v) is 3.65. The van der Waals surface area contributed by atoms with E-state index in [1.807, 2.05) is 48.7 Å². The number of anilines is 1. The largest absolute Gasteiger partial charge is 0.380 e. The van der Waals surface area contributed by atoms with Gasteiger partial charge in [-0.3, -0.25) is 4.98 Å². The molecular formula is C18H15N3. The molecule has 0 spiro atoms. The number of rotatable bonds is 3. The van der Waals surface area contributed by atoms with Gasteiger partial charge in [0.05, 0.1) is 11.6 Å². The molecule has 0 atom stereocenters. The molecule has 3 rings (SSSR count). The fourth-order valence-corrected chi connectivity index (χ4v) is 2.44. The van der Waals surface area contributed by atoms with E-state index in [9.17, 15) is 5.26 Å². The average Bonchev–Trinajstić information content (AvgIpc) is 2.54. The first-order valence-corrected chi connectivity index (χ1v) is 6.85. The highest BCUT2D eigenvalue weighted by molar-refractivity contribution is 5.97. The molecule has 0 aliphatic carbocycles. The predicted octanol–water partition coefficient (Wildman–Crippen LogP) is 4.03. The van der Waals surface area contributed by atoms with E-state index in [-0.39, 0.29) is 0 Å². The summed E-state index contributed by atoms with van der Waals surface area (Å²) >= 11 is 0. The van der Waals surface area contributed by atoms with Crippen molar-refractivity contribution in [3.63, 3.8) is 0 Å². The standard InChI is InChI=1S/C18H15N3/c1-13-11-20-9-8-15(13)12-21-18-7-6-14(10-19)16-4-2-3-5-17(16)18/h2-9,11,21H,12H2,1H3. The first-order valence-electron chi connectivity index (χ1n) is 6.85. The maximum atomic E-state index is 9.19. The van der Waals surface area contributed by atoms with Gasteiger partial charge in [0.15, 0.2) is 0 Å². The Kier molecular flexibility index (Phi) is 3.53. The molecule has 0 radical (unpaired) electrons. The molecule has 0 fully saturated rings. The highest BCUT2D eigenvalue weighted by atomic mass is 14.9. The molecule has 0 aliphatic heterocycles. The summed E-state index contributed by atoms with van der Waals surface area (Å²) in [6, 6.07) is 16.1. The minimum atomic E-state index is 0.705. The lowest BCUT2D eigenvalue weighted by Crippen LogP contribution is -2.02. The van der Waals surface area contributed by atoms with Crippen LogP contribution in [0.5, 0.6) is 0 Å². The summed E-state index contributed by atoms with van der Waals surface area (Å²) in [6.45, 7) is 2.80. The number of nitrogens with zero attached hydrogens (tertiary/aromatic N) is 2. The van der Waals surface area contributed by atoms with Crippen LogP contribution in [0.3, 0.4) is 0 Å². The molecule has 3 aromatic rings. The van der Waals surface area contributed by atoms with Gasteiger partial charge in [-0.15, -0.1) is 0 Å². The number of benzene rings is 2. The van der Waals surface area contributed by atoms with Gasteiger partial charge in [0, 0.05) is 35.4 Å². The van der Waals surface area contributed by atoms with Crippen molar-refractivity contribution in [2.75, 3.05) is 5.32 Å². The van der Waals surface area contributed by atoms with Gasteiger partial charge < -0.3 is 5.32 Å². The summed E-state index contributed by atoms with van der Waals surface area (Å²) in [5.41, 5.74) is 4.14. The smallest absolute Gasteiger partial charge is 0.0998 e. The summed E-state index contributed by atoms with van der Waals surface area (Å²) in [6.07, 6.45) is 3.68. The Bertz CT molecular complexity index is 831. The molecule has 0 aliphatic rings. The first-order chi connectivity index (χ1) is 10.3. The maximum absolute atomic E-state index is 9.19. The van der Waals surface area contributed by atoms with Crippen LogP contribution in [0.1, 0.15) is 16.7 Å². The van der Waals surface area contributed by atoms with Crippen molar-refractivity contribution in [3.8, 4) is 6.07 Å². The molecule has 1 N–H and O–H groups in total. The van der Waals surface area contributed by atoms with E-state index < -0.39 is 0 Å². The Morgan fingerprint density at radius 1 is 1.10 bits per heavy atom. The van der Waals surface area contributed by atoms with Crippen LogP contribution in [0.4, 0.5) is 5.69 Å². The Morgan fingerprint density at radius 3 is 2.67 bits per heavy atom. The number of aromatic nitrogens is 1. The number of nitriles is 1. The van der Waals surface area contributed by atoms with Gasteiger partial charge in [-0.25, -0.2) is 0 Å². The lowest BCUT2D eigenvalue weighted by atomic mass is 10.0. The Labute approximate surface area is 123 Å². The zero-order valence-corrected chi connectivity index (χ0v) is 11.8. The molecule has 3 nitrogen and oxygen atoms in total. The highest BCUT2D eigenvalue weighted by Gasteiger charge is 2.05. The van der Waals surface area contributed by atoms with Gasteiger partial charge in [0.25, 0.3) is 0 Å². The summed E-state index contributed by atoms with van der Waals surface area (Å²) < 4.78 is 0. The fraction of sp³-hybridized carbons (Fsp3) is 0.111. The van der Waals surface area contributed by atoms with Crippen molar-refractivity contribution < 1.29 is 0 Å². The van der Waals surface area contributed by atoms with Crippen molar-refractivity contribution in [2.45, 2.75) is 13.5 Å². The minimum absolute atomic E-state index is 0.705. The second-order valence-electron chi connectivity index (χ2n) is 4.97. The van der Waals surface area contributed by atoms with E-state index in [1.165, 1.54) is 11.1 Å². The van der Waals surface area contributed by atoms with Gasteiger partial charge in [-0.05, 0) is 36.2 Å². The van der Waals surface area contributed by atoms with Crippen molar-refractivity contribution in [2.24, 2.45) is 0 Å². The number of aryl methyl sites for hydroxylation is 1. The van der Waals surface area contributed by atoms with Crippen LogP contribution in [0.15, 0.2) is 54.9 Å². The highest BCUT2D eigenvalue weighted by Crippen LogP contribution is 2.26. The van der Waals surface area contributed by atoms with Gasteiger partial charge in [-0.2, -0.15) is 5.26 Å². The Morgan fingerprint density at radius 2 is 1.90 bits per heavy atom. The zero-order valence-electron chi connectivity index (χ0n) is 11.8. The third kappa shape index (κ3) is 2.56. The predicted molar refractivity (Wildman–Crippen MR) is 85.0 cm³/mol. The normalized spacial score (nSPS) is 10.3. The lowest BCUT2D eigenvalue weighted by molar-refractivity contribution is 1.09. The van der Waals surface area contributed by atoms with E-state index in [0.717, 1.165) is 23.0 Å². The van der Waals surface area contributed by atoms with E-state index in [4.69, 9.17) is 0 Å². The number of hydrogen-bond donors (Lipinski definition) is 1. The quantitative estimate of drug-likeness (QED) is 0.783. The maximum Gasteiger partial charge on any atom is 0.0998 e. The number of pyridine rings is 1. The average molecular weight is 273 g/mol. The van der Waals surface area contributed by atoms with Gasteiger partial charge in [-0.1, -0.05) is 24.3 Å². The minimum Gasteiger partial charge on any atom is -0.380 e. The van der Waals surface area contributed by atoms with E-state index in [2.05, 4.69) is 23.3 Å². The molecule has 2 aromatic carbocycles. The van der Waals surface area contributed by atoms with Crippen LogP contribution in [0, 0.1) is 18.3 Å². The van der Waals surface area contributed by atoms with Crippen molar-refractivity contribution in [3.05, 3.63) is 71.5 Å². The van der Waals surface area contributed by atoms with Crippen LogP contribution in [-0.4, -0.2) is 4.98 Å². The molecule has 0 bridgehead atoms. The molecule has 0 saturated carbocycles. The molecule has 0 amide bonds. The van der Waals surface area contributed by atoms with Crippen molar-refractivity contribution >= 4 is 16.5 Å². The lowest BCUT2D eigenvalue weighted by Gasteiger charge is -2.12.